The molecular formula is C12H17ClN2O4S. The minimum Gasteiger partial charge on any atom is -0.444 e. The zero-order valence-electron chi connectivity index (χ0n) is 11.4. The van der Waals surface area contributed by atoms with Crippen LogP contribution in [0.5, 0.6) is 0 Å². The second-order valence-corrected chi connectivity index (χ2v) is 7.27. The van der Waals surface area contributed by atoms with Crippen LogP contribution in [0.15, 0.2) is 18.2 Å². The quantitative estimate of drug-likeness (QED) is 0.893. The van der Waals surface area contributed by atoms with Crippen molar-refractivity contribution >= 4 is 33.4 Å². The summed E-state index contributed by atoms with van der Waals surface area (Å²) in [5.41, 5.74) is 0.0411. The van der Waals surface area contributed by atoms with Crippen LogP contribution >= 0.6 is 11.6 Å². The molecule has 0 radical (unpaired) electrons. The highest BCUT2D eigenvalue weighted by molar-refractivity contribution is 7.88. The van der Waals surface area contributed by atoms with Crippen LogP contribution < -0.4 is 10.5 Å². The van der Waals surface area contributed by atoms with Crippen LogP contribution in [0.2, 0.25) is 5.02 Å². The highest BCUT2D eigenvalue weighted by Crippen LogP contribution is 2.24. The fraction of sp³-hybridized carbons (Fsp3) is 0.417. The molecule has 0 fully saturated rings. The van der Waals surface area contributed by atoms with Crippen LogP contribution in [-0.2, 0) is 20.5 Å². The van der Waals surface area contributed by atoms with Gasteiger partial charge in [0.25, 0.3) is 0 Å². The molecule has 0 unspecified atom stereocenters. The first-order valence-electron chi connectivity index (χ1n) is 5.75. The maximum Gasteiger partial charge on any atom is 0.412 e. The molecule has 0 aromatic heterocycles. The van der Waals surface area contributed by atoms with E-state index in [0.717, 1.165) is 0 Å². The summed E-state index contributed by atoms with van der Waals surface area (Å²) in [5.74, 6) is -0.340. The Labute approximate surface area is 123 Å². The number of carbonyl (C=O) groups excluding carboxylic acids is 1. The number of carbonyl (C=O) groups is 1. The fourth-order valence-corrected chi connectivity index (χ4v) is 2.21. The van der Waals surface area contributed by atoms with Gasteiger partial charge >= 0.3 is 6.09 Å². The summed E-state index contributed by atoms with van der Waals surface area (Å²) in [5, 5.41) is 7.70. The predicted molar refractivity (Wildman–Crippen MR) is 78.1 cm³/mol. The summed E-state index contributed by atoms with van der Waals surface area (Å²) in [6.45, 7) is 5.18. The Morgan fingerprint density at radius 1 is 1.40 bits per heavy atom. The van der Waals surface area contributed by atoms with Gasteiger partial charge in [0.15, 0.2) is 0 Å². The van der Waals surface area contributed by atoms with Crippen molar-refractivity contribution in [1.29, 1.82) is 0 Å². The lowest BCUT2D eigenvalue weighted by atomic mass is 10.2. The van der Waals surface area contributed by atoms with Gasteiger partial charge in [0, 0.05) is 0 Å². The SMILES string of the molecule is CC(C)(C)OC(=O)Nc1cc(CS(N)(=O)=O)ccc1Cl. The number of primary sulfonamides is 1. The standard InChI is InChI=1S/C12H17ClN2O4S/c1-12(2,3)19-11(16)15-10-6-8(4-5-9(10)13)7-20(14,17)18/h4-6H,7H2,1-3H3,(H,15,16)(H2,14,17,18). The molecule has 0 aliphatic carbocycles. The third kappa shape index (κ3) is 6.23. The molecule has 1 aromatic carbocycles. The fourth-order valence-electron chi connectivity index (χ4n) is 1.40. The third-order valence-electron chi connectivity index (χ3n) is 2.03. The number of rotatable bonds is 3. The summed E-state index contributed by atoms with van der Waals surface area (Å²) >= 11 is 5.93. The predicted octanol–water partition coefficient (Wildman–Crippen LogP) is 2.48. The van der Waals surface area contributed by atoms with Crippen molar-refractivity contribution in [2.75, 3.05) is 5.32 Å². The van der Waals surface area contributed by atoms with Crippen molar-refractivity contribution in [2.45, 2.75) is 32.1 Å². The van der Waals surface area contributed by atoms with E-state index in [4.69, 9.17) is 21.5 Å². The highest BCUT2D eigenvalue weighted by Gasteiger charge is 2.17. The van der Waals surface area contributed by atoms with Gasteiger partial charge in [-0.15, -0.1) is 0 Å². The van der Waals surface area contributed by atoms with Crippen molar-refractivity contribution < 1.29 is 17.9 Å². The molecule has 0 atom stereocenters. The lowest BCUT2D eigenvalue weighted by Crippen LogP contribution is -2.27. The number of ether oxygens (including phenoxy) is 1. The van der Waals surface area contributed by atoms with Crippen LogP contribution in [0, 0.1) is 0 Å². The number of hydrogen-bond acceptors (Lipinski definition) is 4. The second-order valence-electron chi connectivity index (χ2n) is 5.25. The lowest BCUT2D eigenvalue weighted by Gasteiger charge is -2.20. The van der Waals surface area contributed by atoms with Crippen molar-refractivity contribution in [3.05, 3.63) is 28.8 Å². The maximum absolute atomic E-state index is 11.6. The van der Waals surface area contributed by atoms with E-state index in [-0.39, 0.29) is 16.5 Å². The summed E-state index contributed by atoms with van der Waals surface area (Å²) in [6.07, 6.45) is -0.674. The Morgan fingerprint density at radius 3 is 2.50 bits per heavy atom. The summed E-state index contributed by atoms with van der Waals surface area (Å²) < 4.78 is 27.2. The summed E-state index contributed by atoms with van der Waals surface area (Å²) in [4.78, 5) is 11.6. The van der Waals surface area contributed by atoms with Gasteiger partial charge in [-0.25, -0.2) is 18.4 Å². The van der Waals surface area contributed by atoms with Crippen LogP contribution in [0.25, 0.3) is 0 Å². The summed E-state index contributed by atoms with van der Waals surface area (Å²) in [7, 11) is -3.65. The van der Waals surface area contributed by atoms with Crippen molar-refractivity contribution in [3.63, 3.8) is 0 Å². The molecule has 0 saturated carbocycles. The molecule has 0 saturated heterocycles. The topological polar surface area (TPSA) is 98.5 Å². The number of sulfonamides is 1. The molecule has 6 nitrogen and oxygen atoms in total. The molecule has 1 amide bonds. The first-order chi connectivity index (χ1) is 8.96. The first-order valence-corrected chi connectivity index (χ1v) is 7.84. The van der Waals surface area contributed by atoms with Crippen LogP contribution in [0.3, 0.4) is 0 Å². The van der Waals surface area contributed by atoms with Crippen LogP contribution in [-0.4, -0.2) is 20.1 Å². The molecule has 8 heteroatoms. The van der Waals surface area contributed by atoms with Crippen LogP contribution in [0.4, 0.5) is 10.5 Å². The zero-order chi connectivity index (χ0) is 15.6. The Hall–Kier alpha value is -1.31. The Morgan fingerprint density at radius 2 is 2.00 bits per heavy atom. The van der Waals surface area contributed by atoms with Gasteiger partial charge in [0.2, 0.25) is 10.0 Å². The molecule has 0 aliphatic rings. The van der Waals surface area contributed by atoms with Gasteiger partial charge in [-0.1, -0.05) is 17.7 Å². The van der Waals surface area contributed by atoms with E-state index >= 15 is 0 Å². The maximum atomic E-state index is 11.6. The Balaban J connectivity index is 2.90. The molecule has 20 heavy (non-hydrogen) atoms. The monoisotopic (exact) mass is 320 g/mol. The molecular weight excluding hydrogens is 304 g/mol. The number of benzene rings is 1. The first kappa shape index (κ1) is 16.7. The number of hydrogen-bond donors (Lipinski definition) is 2. The minimum absolute atomic E-state index is 0.266. The van der Waals surface area contributed by atoms with Crippen LogP contribution in [0.1, 0.15) is 26.3 Å². The van der Waals surface area contributed by atoms with Crippen molar-refractivity contribution in [2.24, 2.45) is 5.14 Å². The lowest BCUT2D eigenvalue weighted by molar-refractivity contribution is 0.0636. The molecule has 1 aromatic rings. The van der Waals surface area contributed by atoms with Gasteiger partial charge in [-0.2, -0.15) is 0 Å². The number of amides is 1. The second kappa shape index (κ2) is 5.99. The van der Waals surface area contributed by atoms with E-state index in [1.807, 2.05) is 0 Å². The normalized spacial score (nSPS) is 12.1. The average molecular weight is 321 g/mol. The van der Waals surface area contributed by atoms with Gasteiger partial charge in [-0.3, -0.25) is 5.32 Å². The number of nitrogens with two attached hydrogens (primary N) is 1. The number of nitrogens with one attached hydrogen (secondary N) is 1. The van der Waals surface area contributed by atoms with Gasteiger partial charge in [0.1, 0.15) is 5.60 Å². The number of anilines is 1. The van der Waals surface area contributed by atoms with Gasteiger partial charge in [-0.05, 0) is 38.5 Å². The van der Waals surface area contributed by atoms with E-state index < -0.39 is 21.7 Å². The average Bonchev–Trinajstić information content (AvgIpc) is 2.18. The Kier molecular flexibility index (Phi) is 5.01. The highest BCUT2D eigenvalue weighted by atomic mass is 35.5. The van der Waals surface area contributed by atoms with E-state index in [2.05, 4.69) is 5.32 Å². The van der Waals surface area contributed by atoms with Crippen molar-refractivity contribution in [1.82, 2.24) is 0 Å². The smallest absolute Gasteiger partial charge is 0.412 e. The van der Waals surface area contributed by atoms with Gasteiger partial charge in [0.05, 0.1) is 16.5 Å². The molecule has 0 bridgehead atoms. The van der Waals surface area contributed by atoms with E-state index in [0.29, 0.717) is 5.56 Å². The molecule has 0 heterocycles. The van der Waals surface area contributed by atoms with E-state index in [9.17, 15) is 13.2 Å². The molecule has 112 valence electrons. The molecule has 1 rings (SSSR count). The summed E-state index contributed by atoms with van der Waals surface area (Å²) in [6, 6.07) is 4.44. The van der Waals surface area contributed by atoms with E-state index in [1.54, 1.807) is 20.8 Å². The molecule has 3 N–H and O–H groups in total. The third-order valence-corrected chi connectivity index (χ3v) is 3.10. The zero-order valence-corrected chi connectivity index (χ0v) is 13.0. The molecule has 0 spiro atoms. The van der Waals surface area contributed by atoms with Gasteiger partial charge < -0.3 is 4.74 Å². The van der Waals surface area contributed by atoms with E-state index in [1.165, 1.54) is 18.2 Å². The largest absolute Gasteiger partial charge is 0.444 e. The molecule has 0 aliphatic heterocycles. The minimum atomic E-state index is -3.65. The Bertz CT molecular complexity index is 608. The van der Waals surface area contributed by atoms with Crippen molar-refractivity contribution in [3.8, 4) is 0 Å². The number of halogens is 1.